The molecule has 0 spiro atoms. The van der Waals surface area contributed by atoms with Gasteiger partial charge in [-0.2, -0.15) is 0 Å². The van der Waals surface area contributed by atoms with Crippen LogP contribution in [0.5, 0.6) is 0 Å². The summed E-state index contributed by atoms with van der Waals surface area (Å²) in [4.78, 5) is 14.9. The number of nitrogens with zero attached hydrogens (tertiary/aromatic N) is 1. The molecular weight excluding hydrogens is 194 g/mol. The number of hydrogen-bond donors (Lipinski definition) is 4. The first kappa shape index (κ1) is 13.0. The highest BCUT2D eigenvalue weighted by Gasteiger charge is 2.28. The van der Waals surface area contributed by atoms with Gasteiger partial charge in [-0.15, -0.1) is 0 Å². The monoisotopic (exact) mass is 207 g/mol. The lowest BCUT2D eigenvalue weighted by atomic mass is 10.1. The van der Waals surface area contributed by atoms with Crippen molar-refractivity contribution in [1.82, 2.24) is 0 Å². The van der Waals surface area contributed by atoms with Crippen molar-refractivity contribution >= 4 is 12.0 Å². The number of aliphatic hydroxyl groups excluding tert-OH is 4. The molecule has 4 N–H and O–H groups in total. The molecule has 0 aromatic rings. The van der Waals surface area contributed by atoms with Crippen LogP contribution in [-0.4, -0.2) is 64.5 Å². The van der Waals surface area contributed by atoms with E-state index in [1.165, 1.54) is 7.11 Å². The molecule has 0 aliphatic heterocycles. The first-order valence-electron chi connectivity index (χ1n) is 3.79. The van der Waals surface area contributed by atoms with Gasteiger partial charge in [-0.25, -0.2) is 0 Å². The Morgan fingerprint density at radius 2 is 2.07 bits per heavy atom. The summed E-state index contributed by atoms with van der Waals surface area (Å²) >= 11 is 0. The summed E-state index contributed by atoms with van der Waals surface area (Å²) in [6, 6.07) is 0. The van der Waals surface area contributed by atoms with E-state index in [0.29, 0.717) is 0 Å². The Labute approximate surface area is 80.2 Å². The molecule has 0 saturated carbocycles. The van der Waals surface area contributed by atoms with Crippen molar-refractivity contribution in [3.8, 4) is 0 Å². The zero-order valence-electron chi connectivity index (χ0n) is 7.57. The van der Waals surface area contributed by atoms with Crippen molar-refractivity contribution in [2.75, 3.05) is 13.7 Å². The smallest absolute Gasteiger partial charge is 0.189 e. The van der Waals surface area contributed by atoms with Crippen molar-refractivity contribution in [2.45, 2.75) is 18.3 Å². The highest BCUT2D eigenvalue weighted by atomic mass is 16.6. The molecule has 0 aliphatic rings. The molecule has 0 aromatic heterocycles. The predicted molar refractivity (Wildman–Crippen MR) is 45.6 cm³/mol. The van der Waals surface area contributed by atoms with E-state index in [2.05, 4.69) is 9.99 Å². The van der Waals surface area contributed by atoms with E-state index in [4.69, 9.17) is 20.4 Å². The molecule has 0 unspecified atom stereocenters. The number of carbonyl (C=O) groups excluding carboxylic acids is 1. The third kappa shape index (κ3) is 3.79. The van der Waals surface area contributed by atoms with Gasteiger partial charge in [-0.3, -0.25) is 4.79 Å². The molecule has 0 bridgehead atoms. The van der Waals surface area contributed by atoms with Gasteiger partial charge < -0.3 is 25.3 Å². The highest BCUT2D eigenvalue weighted by Crippen LogP contribution is 2.00. The topological polar surface area (TPSA) is 120 Å². The van der Waals surface area contributed by atoms with Gasteiger partial charge in [-0.1, -0.05) is 5.16 Å². The van der Waals surface area contributed by atoms with Gasteiger partial charge in [0, 0.05) is 0 Å². The van der Waals surface area contributed by atoms with Crippen LogP contribution in [0.4, 0.5) is 0 Å². The molecule has 14 heavy (non-hydrogen) atoms. The second-order valence-corrected chi connectivity index (χ2v) is 2.49. The minimum atomic E-state index is -1.85. The number of carbonyl (C=O) groups is 1. The predicted octanol–water partition coefficient (Wildman–Crippen LogP) is -2.74. The first-order chi connectivity index (χ1) is 6.54. The van der Waals surface area contributed by atoms with Crippen LogP contribution in [-0.2, 0) is 9.63 Å². The molecule has 0 radical (unpaired) electrons. The molecule has 7 nitrogen and oxygen atoms in total. The summed E-state index contributed by atoms with van der Waals surface area (Å²) in [5, 5.41) is 38.8. The molecule has 0 heterocycles. The number of rotatable bonds is 6. The second-order valence-electron chi connectivity index (χ2n) is 2.49. The van der Waals surface area contributed by atoms with Crippen LogP contribution >= 0.6 is 0 Å². The largest absolute Gasteiger partial charge is 0.399 e. The van der Waals surface area contributed by atoms with Crippen LogP contribution < -0.4 is 0 Å². The zero-order valence-corrected chi connectivity index (χ0v) is 7.57. The molecule has 0 rings (SSSR count). The Morgan fingerprint density at radius 1 is 1.50 bits per heavy atom. The molecular formula is C7H13NO6. The molecule has 3 atom stereocenters. The average molecular weight is 207 g/mol. The Bertz CT molecular complexity index is 206. The molecule has 0 amide bonds. The first-order valence-corrected chi connectivity index (χ1v) is 3.79. The van der Waals surface area contributed by atoms with Gasteiger partial charge in [0.05, 0.1) is 6.21 Å². The van der Waals surface area contributed by atoms with E-state index < -0.39 is 30.7 Å². The van der Waals surface area contributed by atoms with Crippen molar-refractivity contribution in [1.29, 1.82) is 0 Å². The minimum absolute atomic E-state index is 0.818. The van der Waals surface area contributed by atoms with E-state index in [0.717, 1.165) is 6.21 Å². The van der Waals surface area contributed by atoms with Crippen molar-refractivity contribution in [3.63, 3.8) is 0 Å². The van der Waals surface area contributed by atoms with E-state index >= 15 is 0 Å². The SMILES string of the molecule is CON=C[C@@H](O)[C@@H](O)[C@H](O)C(=O)CO. The molecule has 0 fully saturated rings. The average Bonchev–Trinajstić information content (AvgIpc) is 2.22. The van der Waals surface area contributed by atoms with Gasteiger partial charge in [0.1, 0.15) is 32.0 Å². The Balaban J connectivity index is 4.23. The van der Waals surface area contributed by atoms with Crippen molar-refractivity contribution < 1.29 is 30.1 Å². The second kappa shape index (κ2) is 6.44. The summed E-state index contributed by atoms with van der Waals surface area (Å²) in [7, 11) is 1.23. The summed E-state index contributed by atoms with van der Waals surface area (Å²) in [6.45, 7) is -0.910. The molecule has 0 aromatic carbocycles. The van der Waals surface area contributed by atoms with E-state index in [9.17, 15) is 4.79 Å². The lowest BCUT2D eigenvalue weighted by molar-refractivity contribution is -0.138. The van der Waals surface area contributed by atoms with Gasteiger partial charge in [-0.05, 0) is 0 Å². The van der Waals surface area contributed by atoms with Gasteiger partial charge in [0.25, 0.3) is 0 Å². The van der Waals surface area contributed by atoms with Crippen LogP contribution in [0, 0.1) is 0 Å². The van der Waals surface area contributed by atoms with Crippen molar-refractivity contribution in [3.05, 3.63) is 0 Å². The third-order valence-electron chi connectivity index (χ3n) is 1.48. The maximum atomic E-state index is 10.7. The molecule has 7 heteroatoms. The Hall–Kier alpha value is -1.02. The quantitative estimate of drug-likeness (QED) is 0.277. The molecule has 0 aliphatic carbocycles. The van der Waals surface area contributed by atoms with Crippen LogP contribution in [0.2, 0.25) is 0 Å². The van der Waals surface area contributed by atoms with Gasteiger partial charge in [0.2, 0.25) is 0 Å². The zero-order chi connectivity index (χ0) is 11.1. The fraction of sp³-hybridized carbons (Fsp3) is 0.714. The number of aliphatic hydroxyl groups is 4. The van der Waals surface area contributed by atoms with Gasteiger partial charge >= 0.3 is 0 Å². The number of Topliss-reactive ketones (excluding diaryl/α,β-unsaturated/α-hetero) is 1. The lowest BCUT2D eigenvalue weighted by Crippen LogP contribution is -2.44. The number of oxime groups is 1. The number of ketones is 1. The van der Waals surface area contributed by atoms with Crippen LogP contribution in [0.25, 0.3) is 0 Å². The maximum Gasteiger partial charge on any atom is 0.189 e. The van der Waals surface area contributed by atoms with Crippen LogP contribution in [0.15, 0.2) is 5.16 Å². The summed E-state index contributed by atoms with van der Waals surface area (Å²) < 4.78 is 0. The normalized spacial score (nSPS) is 17.8. The Kier molecular flexibility index (Phi) is 5.97. The molecule has 82 valence electrons. The standard InChI is InChI=1S/C7H13NO6/c1-14-8-2-4(10)6(12)7(13)5(11)3-9/h2,4,6-7,9-10,12-13H,3H2,1H3/t4-,6-,7-/m1/s1. The highest BCUT2D eigenvalue weighted by molar-refractivity contribution is 5.85. The lowest BCUT2D eigenvalue weighted by Gasteiger charge is -2.17. The third-order valence-corrected chi connectivity index (χ3v) is 1.48. The van der Waals surface area contributed by atoms with Crippen LogP contribution in [0.3, 0.4) is 0 Å². The minimum Gasteiger partial charge on any atom is -0.399 e. The summed E-state index contributed by atoms with van der Waals surface area (Å²) in [6.07, 6.45) is -4.31. The molecule has 0 saturated heterocycles. The Morgan fingerprint density at radius 3 is 2.50 bits per heavy atom. The maximum absolute atomic E-state index is 10.7. The summed E-state index contributed by atoms with van der Waals surface area (Å²) in [5.41, 5.74) is 0. The van der Waals surface area contributed by atoms with E-state index in [1.807, 2.05) is 0 Å². The van der Waals surface area contributed by atoms with E-state index in [-0.39, 0.29) is 0 Å². The van der Waals surface area contributed by atoms with Gasteiger partial charge in [0.15, 0.2) is 5.78 Å². The number of hydrogen-bond acceptors (Lipinski definition) is 7. The fourth-order valence-electron chi connectivity index (χ4n) is 0.682. The van der Waals surface area contributed by atoms with Crippen LogP contribution in [0.1, 0.15) is 0 Å². The summed E-state index contributed by atoms with van der Waals surface area (Å²) in [5.74, 6) is -0.984. The van der Waals surface area contributed by atoms with E-state index in [1.54, 1.807) is 0 Å². The fourth-order valence-corrected chi connectivity index (χ4v) is 0.682. The van der Waals surface area contributed by atoms with Crippen molar-refractivity contribution in [2.24, 2.45) is 5.16 Å².